The largest absolute Gasteiger partial charge is 0.310 e. The van der Waals surface area contributed by atoms with Crippen molar-refractivity contribution in [2.24, 2.45) is 0 Å². The molecule has 336 valence electrons. The van der Waals surface area contributed by atoms with Crippen molar-refractivity contribution < 1.29 is 0 Å². The van der Waals surface area contributed by atoms with Crippen molar-refractivity contribution in [1.82, 2.24) is 13.7 Å². The molecule has 13 rings (SSSR count). The van der Waals surface area contributed by atoms with Gasteiger partial charge in [-0.2, -0.15) is 0 Å². The smallest absolute Gasteiger partial charge is 0.244 e. The number of fused-ring (bicyclic) bond motifs is 14. The van der Waals surface area contributed by atoms with Gasteiger partial charge in [0.25, 0.3) is 0 Å². The van der Waals surface area contributed by atoms with Gasteiger partial charge in [-0.3, -0.25) is 0 Å². The molecule has 0 N–H and O–H groups in total. The van der Waals surface area contributed by atoms with E-state index in [4.69, 9.17) is 6.57 Å². The molecule has 0 spiro atoms. The summed E-state index contributed by atoms with van der Waals surface area (Å²) in [5, 5.41) is 7.18. The molecule has 0 aliphatic carbocycles. The molecular weight excluding hydrogens is 868 g/mol. The molecule has 70 heavy (non-hydrogen) atoms. The van der Waals surface area contributed by atoms with Crippen molar-refractivity contribution in [2.75, 3.05) is 0 Å². The van der Waals surface area contributed by atoms with Crippen LogP contribution in [-0.4, -0.2) is 20.4 Å². The average molecular weight is 919 g/mol. The fourth-order valence-electron chi connectivity index (χ4n) is 12.0. The number of rotatable bonds is 7. The molecule has 0 atom stereocenters. The van der Waals surface area contributed by atoms with Crippen LogP contribution in [0.4, 0.5) is 5.69 Å². The number of nitrogens with zero attached hydrogens (tertiary/aromatic N) is 4. The molecule has 4 nitrogen and oxygen atoms in total. The Morgan fingerprint density at radius 2 is 0.900 bits per heavy atom. The van der Waals surface area contributed by atoms with Crippen LogP contribution in [0.2, 0.25) is 0 Å². The maximum Gasteiger partial charge on any atom is 0.244 e. The van der Waals surface area contributed by atoms with E-state index in [0.29, 0.717) is 23.4 Å². The van der Waals surface area contributed by atoms with Gasteiger partial charge in [0.1, 0.15) is 0 Å². The number of hydrogen-bond acceptors (Lipinski definition) is 1. The van der Waals surface area contributed by atoms with Gasteiger partial charge in [0.05, 0.1) is 39.7 Å². The minimum absolute atomic E-state index is 0.0905. The SMILES string of the molecule is [C-]#[N+]c1cccc(-n2c3ccccc3c3c4c(c5ccccc5n4-c4ccccc4)c4c(c5ccccc5n4-c4ccc5c(c4)Sc4ccccc4B5c4c(C(C)C)cc(C(C)C)cc4C(C)C)c32)c1. The van der Waals surface area contributed by atoms with Gasteiger partial charge in [0, 0.05) is 59.2 Å². The summed E-state index contributed by atoms with van der Waals surface area (Å²) in [6, 6.07) is 67.3. The molecule has 12 aromatic rings. The van der Waals surface area contributed by atoms with Crippen LogP contribution >= 0.6 is 11.8 Å². The Bertz CT molecular complexity index is 4130. The van der Waals surface area contributed by atoms with E-state index in [1.54, 1.807) is 0 Å². The summed E-state index contributed by atoms with van der Waals surface area (Å²) in [6.45, 7) is 22.3. The molecule has 0 bridgehead atoms. The lowest BCUT2D eigenvalue weighted by Gasteiger charge is -2.32. The maximum atomic E-state index is 8.08. The molecule has 9 aromatic carbocycles. The van der Waals surface area contributed by atoms with Gasteiger partial charge in [-0.15, -0.1) is 0 Å². The highest BCUT2D eigenvalue weighted by atomic mass is 32.2. The summed E-state index contributed by atoms with van der Waals surface area (Å²) >= 11 is 1.91. The second-order valence-electron chi connectivity index (χ2n) is 20.1. The lowest BCUT2D eigenvalue weighted by atomic mass is 9.34. The van der Waals surface area contributed by atoms with Crippen molar-refractivity contribution >= 4 is 106 Å². The molecule has 6 heteroatoms. The summed E-state index contributed by atoms with van der Waals surface area (Å²) in [6.07, 6.45) is 0. The molecule has 1 aliphatic rings. The zero-order chi connectivity index (χ0) is 47.5. The molecule has 0 radical (unpaired) electrons. The standard InChI is InChI=1S/C64H51BN4S/c1-38(2)41-34-49(39(3)4)61(50(35-41)40(5)6)65-51-27-14-18-31-56(51)70-57-37-45(32-33-52(57)65)69-55-30-17-13-26-48(55)60-63-59(47-25-12-16-29-54(47)68(63)44-23-19-20-42(36-44)66-7)62-58(64(60)69)46-24-11-15-28-53(46)67(62)43-21-9-8-10-22-43/h8-40H,1-6H3. The van der Waals surface area contributed by atoms with E-state index in [0.717, 1.165) is 39.1 Å². The van der Waals surface area contributed by atoms with Gasteiger partial charge < -0.3 is 13.7 Å². The summed E-state index contributed by atoms with van der Waals surface area (Å²) < 4.78 is 7.49. The van der Waals surface area contributed by atoms with Crippen molar-refractivity contribution in [1.29, 1.82) is 0 Å². The fourth-order valence-corrected chi connectivity index (χ4v) is 13.1. The minimum Gasteiger partial charge on any atom is -0.310 e. The van der Waals surface area contributed by atoms with E-state index in [1.807, 2.05) is 30.0 Å². The predicted molar refractivity (Wildman–Crippen MR) is 300 cm³/mol. The number of aromatic nitrogens is 3. The third-order valence-corrected chi connectivity index (χ3v) is 16.2. The van der Waals surface area contributed by atoms with Crippen LogP contribution in [0.25, 0.3) is 87.3 Å². The third kappa shape index (κ3) is 6.17. The van der Waals surface area contributed by atoms with Crippen LogP contribution in [0.1, 0.15) is 76.0 Å². The predicted octanol–water partition coefficient (Wildman–Crippen LogP) is 15.9. The van der Waals surface area contributed by atoms with Gasteiger partial charge in [-0.05, 0) is 95.1 Å². The fraction of sp³-hybridized carbons (Fsp3) is 0.141. The Hall–Kier alpha value is -7.72. The van der Waals surface area contributed by atoms with E-state index in [-0.39, 0.29) is 6.71 Å². The molecule has 0 saturated carbocycles. The summed E-state index contributed by atoms with van der Waals surface area (Å²) in [5.74, 6) is 1.17. The number of benzene rings is 9. The van der Waals surface area contributed by atoms with Crippen LogP contribution < -0.4 is 16.4 Å². The third-order valence-electron chi connectivity index (χ3n) is 15.0. The second-order valence-corrected chi connectivity index (χ2v) is 21.2. The van der Waals surface area contributed by atoms with Crippen LogP contribution in [0, 0.1) is 6.57 Å². The molecule has 0 fully saturated rings. The summed E-state index contributed by atoms with van der Waals surface area (Å²) in [7, 11) is 0. The number of para-hydroxylation sites is 4. The highest BCUT2D eigenvalue weighted by Gasteiger charge is 2.36. The topological polar surface area (TPSA) is 19.1 Å². The van der Waals surface area contributed by atoms with E-state index < -0.39 is 0 Å². The zero-order valence-electron chi connectivity index (χ0n) is 40.3. The van der Waals surface area contributed by atoms with Crippen molar-refractivity contribution in [3.05, 3.63) is 210 Å². The summed E-state index contributed by atoms with van der Waals surface area (Å²) in [4.78, 5) is 6.54. The first kappa shape index (κ1) is 42.4. The first-order valence-electron chi connectivity index (χ1n) is 24.7. The lowest BCUT2D eigenvalue weighted by molar-refractivity contribution is 0.812. The van der Waals surface area contributed by atoms with Crippen LogP contribution in [0.3, 0.4) is 0 Å². The van der Waals surface area contributed by atoms with E-state index in [2.05, 4.69) is 224 Å². The van der Waals surface area contributed by atoms with Crippen molar-refractivity contribution in [2.45, 2.75) is 69.1 Å². The molecular formula is C64H51BN4S. The monoisotopic (exact) mass is 918 g/mol. The maximum absolute atomic E-state index is 8.08. The van der Waals surface area contributed by atoms with E-state index in [9.17, 15) is 0 Å². The molecule has 4 heterocycles. The molecule has 1 aliphatic heterocycles. The Balaban J connectivity index is 1.20. The second kappa shape index (κ2) is 16.2. The first-order chi connectivity index (χ1) is 34.2. The quantitative estimate of drug-likeness (QED) is 0.115. The van der Waals surface area contributed by atoms with Crippen LogP contribution in [0.5, 0.6) is 0 Å². The van der Waals surface area contributed by atoms with Crippen molar-refractivity contribution in [3.63, 3.8) is 0 Å². The first-order valence-corrected chi connectivity index (χ1v) is 25.6. The van der Waals surface area contributed by atoms with Gasteiger partial charge in [0.15, 0.2) is 5.69 Å². The van der Waals surface area contributed by atoms with E-state index >= 15 is 0 Å². The normalized spacial score (nSPS) is 12.7. The Kier molecular flexibility index (Phi) is 9.81. The van der Waals surface area contributed by atoms with Crippen LogP contribution in [0.15, 0.2) is 192 Å². The average Bonchev–Trinajstić information content (AvgIpc) is 4.04. The molecule has 0 unspecified atom stereocenters. The van der Waals surface area contributed by atoms with Crippen molar-refractivity contribution in [3.8, 4) is 17.1 Å². The van der Waals surface area contributed by atoms with E-state index in [1.165, 1.54) is 86.2 Å². The highest BCUT2D eigenvalue weighted by molar-refractivity contribution is 8.00. The lowest BCUT2D eigenvalue weighted by Crippen LogP contribution is -2.57. The zero-order valence-corrected chi connectivity index (χ0v) is 41.1. The van der Waals surface area contributed by atoms with Gasteiger partial charge in [0.2, 0.25) is 6.71 Å². The highest BCUT2D eigenvalue weighted by Crippen LogP contribution is 2.50. The van der Waals surface area contributed by atoms with Gasteiger partial charge in [-0.1, -0.05) is 191 Å². The molecule has 0 saturated heterocycles. The number of hydrogen-bond donors (Lipinski definition) is 0. The van der Waals surface area contributed by atoms with Crippen LogP contribution in [-0.2, 0) is 0 Å². The minimum atomic E-state index is 0.0905. The molecule has 0 amide bonds. The van der Waals surface area contributed by atoms with Gasteiger partial charge >= 0.3 is 0 Å². The van der Waals surface area contributed by atoms with Gasteiger partial charge in [-0.25, -0.2) is 4.85 Å². The summed E-state index contributed by atoms with van der Waals surface area (Å²) in [5.41, 5.74) is 19.3. The Labute approximate surface area is 413 Å². The Morgan fingerprint density at radius 1 is 0.429 bits per heavy atom. The Morgan fingerprint density at radius 3 is 1.44 bits per heavy atom. The molecule has 3 aromatic heterocycles.